The highest BCUT2D eigenvalue weighted by Crippen LogP contribution is 2.31. The molecule has 0 atom stereocenters. The van der Waals surface area contributed by atoms with Gasteiger partial charge in [-0.1, -0.05) is 36.4 Å². The molecule has 0 aliphatic carbocycles. The minimum Gasteiger partial charge on any atom is -0.331 e. The normalized spacial score (nSPS) is 16.3. The monoisotopic (exact) mass is 304 g/mol. The zero-order valence-electron chi connectivity index (χ0n) is 14.3. The average molecular weight is 304 g/mol. The van der Waals surface area contributed by atoms with Crippen LogP contribution in [-0.4, -0.2) is 13.1 Å². The Balaban J connectivity index is 1.87. The largest absolute Gasteiger partial charge is 0.331 e. The van der Waals surface area contributed by atoms with Crippen LogP contribution in [0, 0.1) is 13.8 Å². The quantitative estimate of drug-likeness (QED) is 0.678. The molecule has 0 spiro atoms. The van der Waals surface area contributed by atoms with E-state index in [4.69, 9.17) is 0 Å². The smallest absolute Gasteiger partial charge is 0.103 e. The van der Waals surface area contributed by atoms with Crippen LogP contribution in [0.2, 0.25) is 0 Å². The van der Waals surface area contributed by atoms with Gasteiger partial charge in [0, 0.05) is 5.56 Å². The Morgan fingerprint density at radius 3 is 2.39 bits per heavy atom. The van der Waals surface area contributed by atoms with Gasteiger partial charge < -0.3 is 4.90 Å². The predicted octanol–water partition coefficient (Wildman–Crippen LogP) is 4.18. The maximum absolute atomic E-state index is 2.47. The number of fused-ring (bicyclic) bond motifs is 3. The molecular formula is C22H26N+. The van der Waals surface area contributed by atoms with Crippen molar-refractivity contribution in [2.24, 2.45) is 0 Å². The van der Waals surface area contributed by atoms with Gasteiger partial charge in [-0.15, -0.1) is 0 Å². The van der Waals surface area contributed by atoms with Crippen LogP contribution in [-0.2, 0) is 6.54 Å². The standard InChI is InChI=1S/C22H25N/c1-16-17(2)20-11-10-18-8-4-5-9-21(18)22(20)14-19(16)15-23-12-6-3-7-13-23/h4-5,8-11,14H,3,6-7,12-13,15H2,1-2H3/p+1. The molecule has 0 aromatic heterocycles. The maximum atomic E-state index is 2.47. The van der Waals surface area contributed by atoms with Crippen LogP contribution in [0.4, 0.5) is 0 Å². The molecule has 0 saturated carbocycles. The van der Waals surface area contributed by atoms with Crippen molar-refractivity contribution in [2.45, 2.75) is 39.7 Å². The summed E-state index contributed by atoms with van der Waals surface area (Å²) in [5.74, 6) is 0. The molecule has 23 heavy (non-hydrogen) atoms. The van der Waals surface area contributed by atoms with E-state index in [9.17, 15) is 0 Å². The highest BCUT2D eigenvalue weighted by Gasteiger charge is 2.17. The fourth-order valence-corrected chi connectivity index (χ4v) is 4.18. The third-order valence-corrected chi connectivity index (χ3v) is 5.74. The summed E-state index contributed by atoms with van der Waals surface area (Å²) in [5.41, 5.74) is 4.49. The Bertz CT molecular complexity index is 857. The minimum atomic E-state index is 1.19. The van der Waals surface area contributed by atoms with E-state index < -0.39 is 0 Å². The number of benzene rings is 3. The molecule has 1 nitrogen and oxygen atoms in total. The van der Waals surface area contributed by atoms with E-state index in [0.717, 1.165) is 0 Å². The summed E-state index contributed by atoms with van der Waals surface area (Å²) in [6.45, 7) is 8.47. The molecular weight excluding hydrogens is 278 g/mol. The lowest BCUT2D eigenvalue weighted by Gasteiger charge is -2.25. The number of piperidine rings is 1. The van der Waals surface area contributed by atoms with E-state index in [-0.39, 0.29) is 0 Å². The molecule has 1 heterocycles. The molecule has 1 saturated heterocycles. The lowest BCUT2D eigenvalue weighted by atomic mass is 9.92. The van der Waals surface area contributed by atoms with E-state index in [1.165, 1.54) is 71.6 Å². The van der Waals surface area contributed by atoms with Crippen molar-refractivity contribution in [1.82, 2.24) is 0 Å². The van der Waals surface area contributed by atoms with Crippen LogP contribution in [0.5, 0.6) is 0 Å². The second kappa shape index (κ2) is 5.98. The van der Waals surface area contributed by atoms with E-state index in [1.54, 1.807) is 10.5 Å². The van der Waals surface area contributed by atoms with Gasteiger partial charge in [-0.2, -0.15) is 0 Å². The third kappa shape index (κ3) is 2.64. The molecule has 3 aromatic rings. The topological polar surface area (TPSA) is 4.44 Å². The van der Waals surface area contributed by atoms with Crippen LogP contribution in [0.3, 0.4) is 0 Å². The summed E-state index contributed by atoms with van der Waals surface area (Å²) in [5, 5.41) is 5.58. The van der Waals surface area contributed by atoms with Crippen LogP contribution in [0.1, 0.15) is 36.0 Å². The number of likely N-dealkylation sites (tertiary alicyclic amines) is 1. The predicted molar refractivity (Wildman–Crippen MR) is 99.2 cm³/mol. The lowest BCUT2D eigenvalue weighted by Crippen LogP contribution is -3.11. The van der Waals surface area contributed by atoms with Crippen LogP contribution < -0.4 is 4.90 Å². The van der Waals surface area contributed by atoms with Gasteiger partial charge >= 0.3 is 0 Å². The lowest BCUT2D eigenvalue weighted by molar-refractivity contribution is -0.918. The second-order valence-electron chi connectivity index (χ2n) is 7.15. The molecule has 0 radical (unpaired) electrons. The molecule has 0 amide bonds. The highest BCUT2D eigenvalue weighted by molar-refractivity contribution is 6.09. The molecule has 0 bridgehead atoms. The molecule has 1 fully saturated rings. The summed E-state index contributed by atoms with van der Waals surface area (Å²) >= 11 is 0. The van der Waals surface area contributed by atoms with Crippen LogP contribution >= 0.6 is 0 Å². The van der Waals surface area contributed by atoms with Crippen molar-refractivity contribution >= 4 is 21.5 Å². The van der Waals surface area contributed by atoms with E-state index in [1.807, 2.05) is 0 Å². The van der Waals surface area contributed by atoms with Crippen molar-refractivity contribution in [3.8, 4) is 0 Å². The maximum Gasteiger partial charge on any atom is 0.103 e. The Labute approximate surface area is 138 Å². The van der Waals surface area contributed by atoms with E-state index in [0.29, 0.717) is 0 Å². The fourth-order valence-electron chi connectivity index (χ4n) is 4.18. The Kier molecular flexibility index (Phi) is 3.82. The second-order valence-corrected chi connectivity index (χ2v) is 7.15. The molecule has 3 aromatic carbocycles. The molecule has 1 N–H and O–H groups in total. The zero-order chi connectivity index (χ0) is 15.8. The average Bonchev–Trinajstić information content (AvgIpc) is 2.60. The first-order chi connectivity index (χ1) is 11.2. The molecule has 1 aliphatic rings. The summed E-state index contributed by atoms with van der Waals surface area (Å²) in [7, 11) is 0. The van der Waals surface area contributed by atoms with Gasteiger partial charge in [-0.05, 0) is 71.8 Å². The highest BCUT2D eigenvalue weighted by atomic mass is 15.1. The number of nitrogens with one attached hydrogen (secondary N) is 1. The van der Waals surface area contributed by atoms with Crippen LogP contribution in [0.15, 0.2) is 42.5 Å². The van der Waals surface area contributed by atoms with Crippen molar-refractivity contribution < 1.29 is 4.90 Å². The summed E-state index contributed by atoms with van der Waals surface area (Å²) in [4.78, 5) is 1.76. The number of rotatable bonds is 2. The molecule has 4 rings (SSSR count). The van der Waals surface area contributed by atoms with Gasteiger partial charge in [0.15, 0.2) is 0 Å². The van der Waals surface area contributed by atoms with Crippen molar-refractivity contribution in [2.75, 3.05) is 13.1 Å². The molecule has 0 unspecified atom stereocenters. The van der Waals surface area contributed by atoms with Gasteiger partial charge in [0.1, 0.15) is 6.54 Å². The SMILES string of the molecule is Cc1c(C[NH+]2CCCCC2)cc2c(ccc3ccccc32)c1C. The number of quaternary nitrogens is 1. The molecule has 1 aliphatic heterocycles. The van der Waals surface area contributed by atoms with Crippen molar-refractivity contribution in [3.05, 3.63) is 59.2 Å². The van der Waals surface area contributed by atoms with Crippen LogP contribution in [0.25, 0.3) is 21.5 Å². The first-order valence-corrected chi connectivity index (χ1v) is 8.98. The number of aryl methyl sites for hydroxylation is 1. The van der Waals surface area contributed by atoms with Gasteiger partial charge in [0.25, 0.3) is 0 Å². The van der Waals surface area contributed by atoms with Gasteiger partial charge in [0.05, 0.1) is 13.1 Å². The first-order valence-electron chi connectivity index (χ1n) is 8.98. The number of hydrogen-bond acceptors (Lipinski definition) is 0. The molecule has 1 heteroatoms. The Morgan fingerprint density at radius 2 is 1.57 bits per heavy atom. The summed E-state index contributed by atoms with van der Waals surface area (Å²) in [6, 6.07) is 15.8. The summed E-state index contributed by atoms with van der Waals surface area (Å²) < 4.78 is 0. The molecule has 118 valence electrons. The first kappa shape index (κ1) is 14.7. The number of hydrogen-bond donors (Lipinski definition) is 1. The van der Waals surface area contributed by atoms with Crippen molar-refractivity contribution in [1.29, 1.82) is 0 Å². The van der Waals surface area contributed by atoms with Gasteiger partial charge in [-0.25, -0.2) is 0 Å². The van der Waals surface area contributed by atoms with Crippen molar-refractivity contribution in [3.63, 3.8) is 0 Å². The van der Waals surface area contributed by atoms with Gasteiger partial charge in [-0.3, -0.25) is 0 Å². The van der Waals surface area contributed by atoms with E-state index >= 15 is 0 Å². The van der Waals surface area contributed by atoms with Gasteiger partial charge in [0.2, 0.25) is 0 Å². The fraction of sp³-hybridized carbons (Fsp3) is 0.364. The van der Waals surface area contributed by atoms with E-state index in [2.05, 4.69) is 56.3 Å². The summed E-state index contributed by atoms with van der Waals surface area (Å²) in [6.07, 6.45) is 4.21. The third-order valence-electron chi connectivity index (χ3n) is 5.74. The zero-order valence-corrected chi connectivity index (χ0v) is 14.3. The minimum absolute atomic E-state index is 1.19. The Hall–Kier alpha value is -1.86. The Morgan fingerprint density at radius 1 is 0.783 bits per heavy atom.